The summed E-state index contributed by atoms with van der Waals surface area (Å²) in [6, 6.07) is 7.57. The molecule has 0 spiro atoms. The van der Waals surface area contributed by atoms with Crippen LogP contribution in [0.2, 0.25) is 0 Å². The predicted molar refractivity (Wildman–Crippen MR) is 134 cm³/mol. The molecule has 1 fully saturated rings. The SMILES string of the molecule is COc1ccc(-c2oc3c(CC=C(C)C)c(O)cc(O)c3c(=O)c2O[C@@H]2O[C@@H](C)[C@@H](O)[C@@H](O)[C@H]2O)cc1. The van der Waals surface area contributed by atoms with Gasteiger partial charge in [-0.3, -0.25) is 4.79 Å². The van der Waals surface area contributed by atoms with E-state index in [-0.39, 0.29) is 34.5 Å². The largest absolute Gasteiger partial charge is 0.507 e. The van der Waals surface area contributed by atoms with Crippen molar-refractivity contribution < 1.29 is 44.2 Å². The molecule has 1 aliphatic rings. The van der Waals surface area contributed by atoms with Crippen LogP contribution >= 0.6 is 0 Å². The molecule has 5 atom stereocenters. The number of methoxy groups -OCH3 is 1. The van der Waals surface area contributed by atoms with E-state index in [2.05, 4.69) is 0 Å². The maximum absolute atomic E-state index is 13.8. The van der Waals surface area contributed by atoms with Crippen LogP contribution < -0.4 is 14.9 Å². The number of phenolic OH excluding ortho intramolecular Hbond substituents is 2. The van der Waals surface area contributed by atoms with Crippen molar-refractivity contribution in [2.45, 2.75) is 57.9 Å². The summed E-state index contributed by atoms with van der Waals surface area (Å²) < 4.78 is 22.7. The quantitative estimate of drug-likeness (QED) is 0.310. The highest BCUT2D eigenvalue weighted by Crippen LogP contribution is 2.40. The van der Waals surface area contributed by atoms with E-state index >= 15 is 0 Å². The summed E-state index contributed by atoms with van der Waals surface area (Å²) in [7, 11) is 1.50. The average molecular weight is 515 g/mol. The molecule has 37 heavy (non-hydrogen) atoms. The molecule has 2 aromatic carbocycles. The van der Waals surface area contributed by atoms with Gasteiger partial charge in [-0.15, -0.1) is 0 Å². The van der Waals surface area contributed by atoms with Gasteiger partial charge in [0.25, 0.3) is 0 Å². The molecule has 1 aliphatic heterocycles. The Bertz CT molecular complexity index is 1370. The number of fused-ring (bicyclic) bond motifs is 1. The van der Waals surface area contributed by atoms with Gasteiger partial charge in [0.05, 0.1) is 13.2 Å². The number of hydrogen-bond donors (Lipinski definition) is 5. The number of aliphatic hydroxyl groups excluding tert-OH is 3. The number of allylic oxidation sites excluding steroid dienone is 2. The molecule has 1 saturated heterocycles. The molecule has 0 saturated carbocycles. The average Bonchev–Trinajstić information content (AvgIpc) is 2.86. The highest BCUT2D eigenvalue weighted by molar-refractivity contribution is 5.91. The standard InChI is InChI=1S/C27H30O10/c1-12(2)5-10-16-17(28)11-18(29)19-21(31)26(37-27-23(33)22(32)20(30)13(3)35-27)24(36-25(16)19)14-6-8-15(34-4)9-7-14/h5-9,11,13,20,22-23,27-30,32-33H,10H2,1-4H3/t13-,20+,22+,23+,27-/m0/s1. The molecule has 10 nitrogen and oxygen atoms in total. The second-order valence-electron chi connectivity index (χ2n) is 9.20. The van der Waals surface area contributed by atoms with Crippen molar-refractivity contribution in [2.75, 3.05) is 7.11 Å². The van der Waals surface area contributed by atoms with Gasteiger partial charge in [0.2, 0.25) is 17.5 Å². The summed E-state index contributed by atoms with van der Waals surface area (Å²) in [4.78, 5) is 13.8. The minimum atomic E-state index is -1.69. The van der Waals surface area contributed by atoms with Gasteiger partial charge in [0, 0.05) is 17.2 Å². The summed E-state index contributed by atoms with van der Waals surface area (Å²) >= 11 is 0. The normalized spacial score (nSPS) is 23.6. The van der Waals surface area contributed by atoms with Gasteiger partial charge in [0.15, 0.2) is 5.76 Å². The van der Waals surface area contributed by atoms with E-state index in [9.17, 15) is 30.3 Å². The smallest absolute Gasteiger partial charge is 0.239 e. The molecule has 4 rings (SSSR count). The third-order valence-electron chi connectivity index (χ3n) is 6.29. The summed E-state index contributed by atoms with van der Waals surface area (Å²) in [5.74, 6) is -0.690. The van der Waals surface area contributed by atoms with Gasteiger partial charge in [-0.1, -0.05) is 11.6 Å². The number of phenols is 2. The second-order valence-corrected chi connectivity index (χ2v) is 9.20. The molecule has 0 aliphatic carbocycles. The van der Waals surface area contributed by atoms with Crippen molar-refractivity contribution in [3.05, 3.63) is 57.8 Å². The van der Waals surface area contributed by atoms with Crippen LogP contribution in [0.25, 0.3) is 22.3 Å². The van der Waals surface area contributed by atoms with E-state index in [0.29, 0.717) is 11.3 Å². The highest BCUT2D eigenvalue weighted by Gasteiger charge is 2.44. The Morgan fingerprint density at radius 3 is 2.32 bits per heavy atom. The van der Waals surface area contributed by atoms with E-state index < -0.39 is 47.6 Å². The van der Waals surface area contributed by atoms with Crippen LogP contribution in [0.15, 0.2) is 51.2 Å². The third-order valence-corrected chi connectivity index (χ3v) is 6.29. The van der Waals surface area contributed by atoms with Crippen LogP contribution in [0.3, 0.4) is 0 Å². The first kappa shape index (κ1) is 26.5. The van der Waals surface area contributed by atoms with Crippen LogP contribution in [0.5, 0.6) is 23.0 Å². The Morgan fingerprint density at radius 2 is 1.70 bits per heavy atom. The zero-order chi connectivity index (χ0) is 27.0. The van der Waals surface area contributed by atoms with Gasteiger partial charge in [-0.25, -0.2) is 0 Å². The first-order valence-electron chi connectivity index (χ1n) is 11.7. The number of ether oxygens (including phenoxy) is 3. The Balaban J connectivity index is 1.96. The Morgan fingerprint density at radius 1 is 1.03 bits per heavy atom. The monoisotopic (exact) mass is 514 g/mol. The van der Waals surface area contributed by atoms with Crippen molar-refractivity contribution in [2.24, 2.45) is 0 Å². The van der Waals surface area contributed by atoms with Crippen LogP contribution in [-0.2, 0) is 11.2 Å². The van der Waals surface area contributed by atoms with Crippen molar-refractivity contribution >= 4 is 11.0 Å². The molecule has 5 N–H and O–H groups in total. The number of hydrogen-bond acceptors (Lipinski definition) is 10. The molecule has 10 heteroatoms. The number of aromatic hydroxyl groups is 2. The molecule has 3 aromatic rings. The van der Waals surface area contributed by atoms with Gasteiger partial charge in [0.1, 0.15) is 46.5 Å². The molecular formula is C27H30O10. The molecule has 2 heterocycles. The van der Waals surface area contributed by atoms with Gasteiger partial charge >= 0.3 is 0 Å². The fourth-order valence-electron chi connectivity index (χ4n) is 4.14. The number of aliphatic hydroxyl groups is 3. The van der Waals surface area contributed by atoms with Crippen molar-refractivity contribution in [3.63, 3.8) is 0 Å². The number of rotatable bonds is 6. The summed E-state index contributed by atoms with van der Waals surface area (Å²) in [5, 5.41) is 51.6. The predicted octanol–water partition coefficient (Wildman–Crippen LogP) is 2.59. The van der Waals surface area contributed by atoms with Crippen LogP contribution in [-0.4, -0.2) is 63.3 Å². The van der Waals surface area contributed by atoms with Crippen molar-refractivity contribution in [3.8, 4) is 34.3 Å². The molecule has 0 unspecified atom stereocenters. The van der Waals surface area contributed by atoms with Crippen LogP contribution in [0, 0.1) is 0 Å². The topological polar surface area (TPSA) is 159 Å². The minimum absolute atomic E-state index is 0.0351. The van der Waals surface area contributed by atoms with E-state index in [1.54, 1.807) is 24.3 Å². The lowest BCUT2D eigenvalue weighted by Crippen LogP contribution is -2.58. The molecule has 0 bridgehead atoms. The third kappa shape index (κ3) is 5.01. The van der Waals surface area contributed by atoms with E-state index in [4.69, 9.17) is 18.6 Å². The highest BCUT2D eigenvalue weighted by atomic mass is 16.7. The summed E-state index contributed by atoms with van der Waals surface area (Å²) in [6.07, 6.45) is -5.03. The zero-order valence-corrected chi connectivity index (χ0v) is 20.8. The van der Waals surface area contributed by atoms with Gasteiger partial charge < -0.3 is 44.2 Å². The van der Waals surface area contributed by atoms with E-state index in [1.807, 2.05) is 19.9 Å². The zero-order valence-electron chi connectivity index (χ0n) is 20.8. The van der Waals surface area contributed by atoms with E-state index in [0.717, 1.165) is 11.6 Å². The fraction of sp³-hybridized carbons (Fsp3) is 0.370. The van der Waals surface area contributed by atoms with Gasteiger partial charge in [-0.05, 0) is 51.5 Å². The lowest BCUT2D eigenvalue weighted by Gasteiger charge is -2.38. The molecule has 198 valence electrons. The summed E-state index contributed by atoms with van der Waals surface area (Å²) in [5.41, 5.74) is 0.828. The molecule has 0 amide bonds. The fourth-order valence-corrected chi connectivity index (χ4v) is 4.14. The van der Waals surface area contributed by atoms with Crippen molar-refractivity contribution in [1.29, 1.82) is 0 Å². The Kier molecular flexibility index (Phi) is 7.47. The molecule has 0 radical (unpaired) electrons. The first-order chi connectivity index (χ1) is 17.5. The lowest BCUT2D eigenvalue weighted by molar-refractivity contribution is -0.268. The second kappa shape index (κ2) is 10.4. The van der Waals surface area contributed by atoms with Gasteiger partial charge in [-0.2, -0.15) is 0 Å². The lowest BCUT2D eigenvalue weighted by atomic mass is 10.00. The van der Waals surface area contributed by atoms with Crippen LogP contribution in [0.1, 0.15) is 26.3 Å². The maximum atomic E-state index is 13.8. The number of benzene rings is 2. The maximum Gasteiger partial charge on any atom is 0.239 e. The van der Waals surface area contributed by atoms with E-state index in [1.165, 1.54) is 14.0 Å². The molecule has 1 aromatic heterocycles. The summed E-state index contributed by atoms with van der Waals surface area (Å²) in [6.45, 7) is 5.24. The van der Waals surface area contributed by atoms with Crippen molar-refractivity contribution in [1.82, 2.24) is 0 Å². The minimum Gasteiger partial charge on any atom is -0.507 e. The first-order valence-corrected chi connectivity index (χ1v) is 11.7. The molecular weight excluding hydrogens is 484 g/mol. The Hall–Kier alpha value is -3.57. The van der Waals surface area contributed by atoms with Crippen LogP contribution in [0.4, 0.5) is 0 Å². The Labute approximate surface area is 212 Å².